The van der Waals surface area contributed by atoms with Crippen molar-refractivity contribution < 1.29 is 13.6 Å². The molecule has 0 heterocycles. The Kier molecular flexibility index (Phi) is 4.26. The monoisotopic (exact) mass is 282 g/mol. The molecule has 2 atom stereocenters. The largest absolute Gasteiger partial charge is 0.394 e. The van der Waals surface area contributed by atoms with Gasteiger partial charge in [-0.25, -0.2) is 8.78 Å². The number of nitrogens with two attached hydrogens (primary N) is 1. The van der Waals surface area contributed by atoms with Crippen LogP contribution in [0.2, 0.25) is 0 Å². The van der Waals surface area contributed by atoms with Crippen molar-refractivity contribution in [1.29, 1.82) is 0 Å². The number of benzene rings is 1. The summed E-state index contributed by atoms with van der Waals surface area (Å²) in [6.45, 7) is 2.11. The Morgan fingerprint density at radius 1 is 1.25 bits per heavy atom. The lowest BCUT2D eigenvalue weighted by atomic mass is 9.85. The Morgan fingerprint density at radius 3 is 2.35 bits per heavy atom. The van der Waals surface area contributed by atoms with Crippen molar-refractivity contribution in [3.05, 3.63) is 29.3 Å². The number of carbonyl (C=O) groups is 1. The SMILES string of the molecule is CC1CCCCC1N(C)C(=O)c1cc(F)c(N)c(F)c1. The number of carbonyl (C=O) groups excluding carboxylic acids is 1. The summed E-state index contributed by atoms with van der Waals surface area (Å²) in [5.74, 6) is -1.74. The molecule has 5 heteroatoms. The van der Waals surface area contributed by atoms with Crippen LogP contribution in [0.1, 0.15) is 43.0 Å². The van der Waals surface area contributed by atoms with E-state index in [0.29, 0.717) is 5.92 Å². The van der Waals surface area contributed by atoms with Crippen LogP contribution < -0.4 is 5.73 Å². The van der Waals surface area contributed by atoms with E-state index in [0.717, 1.165) is 31.4 Å². The molecule has 0 bridgehead atoms. The number of hydrogen-bond acceptors (Lipinski definition) is 2. The third kappa shape index (κ3) is 2.76. The molecule has 0 spiro atoms. The van der Waals surface area contributed by atoms with Gasteiger partial charge in [-0.2, -0.15) is 0 Å². The molecule has 2 unspecified atom stereocenters. The molecule has 2 rings (SSSR count). The van der Waals surface area contributed by atoms with Crippen LogP contribution in [-0.4, -0.2) is 23.9 Å². The highest BCUT2D eigenvalue weighted by atomic mass is 19.1. The fourth-order valence-corrected chi connectivity index (χ4v) is 2.93. The van der Waals surface area contributed by atoms with Gasteiger partial charge in [0.25, 0.3) is 5.91 Å². The first-order chi connectivity index (χ1) is 9.41. The van der Waals surface area contributed by atoms with Gasteiger partial charge in [0.2, 0.25) is 0 Å². The van der Waals surface area contributed by atoms with E-state index in [9.17, 15) is 13.6 Å². The zero-order valence-corrected chi connectivity index (χ0v) is 11.8. The van der Waals surface area contributed by atoms with Crippen molar-refractivity contribution in [3.63, 3.8) is 0 Å². The van der Waals surface area contributed by atoms with Crippen molar-refractivity contribution >= 4 is 11.6 Å². The summed E-state index contributed by atoms with van der Waals surface area (Å²) in [5.41, 5.74) is 4.68. The topological polar surface area (TPSA) is 46.3 Å². The summed E-state index contributed by atoms with van der Waals surface area (Å²) in [6, 6.07) is 2.13. The van der Waals surface area contributed by atoms with Crippen LogP contribution in [0.15, 0.2) is 12.1 Å². The second-order valence-electron chi connectivity index (χ2n) is 5.60. The summed E-state index contributed by atoms with van der Waals surface area (Å²) in [4.78, 5) is 14.0. The van der Waals surface area contributed by atoms with Crippen LogP contribution in [0, 0.1) is 17.6 Å². The molecule has 1 amide bonds. The van der Waals surface area contributed by atoms with Crippen LogP contribution in [0.4, 0.5) is 14.5 Å². The molecule has 3 nitrogen and oxygen atoms in total. The molecule has 20 heavy (non-hydrogen) atoms. The maximum atomic E-state index is 13.4. The fraction of sp³-hybridized carbons (Fsp3) is 0.533. The zero-order chi connectivity index (χ0) is 14.9. The first-order valence-electron chi connectivity index (χ1n) is 6.93. The minimum absolute atomic E-state index is 0.00877. The van der Waals surface area contributed by atoms with Crippen LogP contribution in [-0.2, 0) is 0 Å². The molecule has 0 aliphatic heterocycles. The summed E-state index contributed by atoms with van der Waals surface area (Å²) in [5, 5.41) is 0. The standard InChI is InChI=1S/C15H20F2N2O/c1-9-5-3-4-6-13(9)19(2)15(20)10-7-11(16)14(18)12(17)8-10/h7-9,13H,3-6,18H2,1-2H3. The molecule has 1 aliphatic carbocycles. The van der Waals surface area contributed by atoms with E-state index in [1.165, 1.54) is 6.42 Å². The number of anilines is 1. The Bertz CT molecular complexity index is 496. The van der Waals surface area contributed by atoms with E-state index < -0.39 is 17.3 Å². The lowest BCUT2D eigenvalue weighted by Gasteiger charge is -2.36. The van der Waals surface area contributed by atoms with Gasteiger partial charge in [-0.15, -0.1) is 0 Å². The van der Waals surface area contributed by atoms with E-state index >= 15 is 0 Å². The van der Waals surface area contributed by atoms with Crippen LogP contribution in [0.3, 0.4) is 0 Å². The lowest BCUT2D eigenvalue weighted by molar-refractivity contribution is 0.0628. The summed E-state index contributed by atoms with van der Waals surface area (Å²) >= 11 is 0. The zero-order valence-electron chi connectivity index (χ0n) is 11.8. The van der Waals surface area contributed by atoms with Crippen molar-refractivity contribution in [2.24, 2.45) is 5.92 Å². The summed E-state index contributed by atoms with van der Waals surface area (Å²) in [7, 11) is 1.70. The number of halogens is 2. The molecule has 0 saturated heterocycles. The average molecular weight is 282 g/mol. The molecule has 0 aromatic heterocycles. The van der Waals surface area contributed by atoms with Gasteiger partial charge in [0.15, 0.2) is 0 Å². The molecule has 0 radical (unpaired) electrons. The predicted molar refractivity (Wildman–Crippen MR) is 74.3 cm³/mol. The van der Waals surface area contributed by atoms with Crippen molar-refractivity contribution in [1.82, 2.24) is 4.90 Å². The van der Waals surface area contributed by atoms with Crippen molar-refractivity contribution in [2.45, 2.75) is 38.6 Å². The molecule has 110 valence electrons. The maximum Gasteiger partial charge on any atom is 0.254 e. The molecule has 2 N–H and O–H groups in total. The first kappa shape index (κ1) is 14.8. The van der Waals surface area contributed by atoms with Gasteiger partial charge in [-0.1, -0.05) is 19.8 Å². The van der Waals surface area contributed by atoms with Gasteiger partial charge in [0, 0.05) is 18.7 Å². The molecule has 1 aliphatic rings. The smallest absolute Gasteiger partial charge is 0.254 e. The quantitative estimate of drug-likeness (QED) is 0.847. The molecule has 1 aromatic rings. The van der Waals surface area contributed by atoms with Crippen LogP contribution in [0.25, 0.3) is 0 Å². The average Bonchev–Trinajstić information content (AvgIpc) is 2.43. The van der Waals surface area contributed by atoms with Crippen LogP contribution in [0.5, 0.6) is 0 Å². The van der Waals surface area contributed by atoms with Gasteiger partial charge < -0.3 is 10.6 Å². The number of amides is 1. The minimum atomic E-state index is -0.890. The van der Waals surface area contributed by atoms with Gasteiger partial charge in [-0.05, 0) is 30.9 Å². The van der Waals surface area contributed by atoms with E-state index in [4.69, 9.17) is 5.73 Å². The number of hydrogen-bond donors (Lipinski definition) is 1. The highest BCUT2D eigenvalue weighted by Gasteiger charge is 2.29. The molecule has 1 aromatic carbocycles. The van der Waals surface area contributed by atoms with Gasteiger partial charge in [-0.3, -0.25) is 4.79 Å². The molecular weight excluding hydrogens is 262 g/mol. The Balaban J connectivity index is 2.22. The minimum Gasteiger partial charge on any atom is -0.394 e. The number of nitrogen functional groups attached to an aromatic ring is 1. The Morgan fingerprint density at radius 2 is 1.80 bits per heavy atom. The second kappa shape index (κ2) is 5.77. The number of rotatable bonds is 2. The molecule has 1 saturated carbocycles. The fourth-order valence-electron chi connectivity index (χ4n) is 2.93. The first-order valence-corrected chi connectivity index (χ1v) is 6.93. The third-order valence-electron chi connectivity index (χ3n) is 4.21. The third-order valence-corrected chi connectivity index (χ3v) is 4.21. The van der Waals surface area contributed by atoms with E-state index in [-0.39, 0.29) is 17.5 Å². The van der Waals surface area contributed by atoms with Crippen LogP contribution >= 0.6 is 0 Å². The lowest BCUT2D eigenvalue weighted by Crippen LogP contribution is -2.42. The molecule has 1 fully saturated rings. The van der Waals surface area contributed by atoms with Gasteiger partial charge in [0.05, 0.1) is 0 Å². The predicted octanol–water partition coefficient (Wildman–Crippen LogP) is 3.20. The maximum absolute atomic E-state index is 13.4. The highest BCUT2D eigenvalue weighted by Crippen LogP contribution is 2.28. The highest BCUT2D eigenvalue weighted by molar-refractivity contribution is 5.94. The normalized spacial score (nSPS) is 22.6. The second-order valence-corrected chi connectivity index (χ2v) is 5.60. The number of nitrogens with zero attached hydrogens (tertiary/aromatic N) is 1. The van der Waals surface area contributed by atoms with E-state index in [1.54, 1.807) is 11.9 Å². The van der Waals surface area contributed by atoms with E-state index in [2.05, 4.69) is 6.92 Å². The summed E-state index contributed by atoms with van der Waals surface area (Å²) < 4.78 is 26.9. The van der Waals surface area contributed by atoms with Gasteiger partial charge in [0.1, 0.15) is 17.3 Å². The van der Waals surface area contributed by atoms with Gasteiger partial charge >= 0.3 is 0 Å². The summed E-state index contributed by atoms with van der Waals surface area (Å²) in [6.07, 6.45) is 4.26. The van der Waals surface area contributed by atoms with E-state index in [1.807, 2.05) is 0 Å². The molecular formula is C15H20F2N2O. The Labute approximate surface area is 117 Å². The van der Waals surface area contributed by atoms with Crippen molar-refractivity contribution in [3.8, 4) is 0 Å². The Hall–Kier alpha value is -1.65. The van der Waals surface area contributed by atoms with Crippen molar-refractivity contribution in [2.75, 3.05) is 12.8 Å².